The summed E-state index contributed by atoms with van der Waals surface area (Å²) < 4.78 is 0. The lowest BCUT2D eigenvalue weighted by molar-refractivity contribution is 0.102. The highest BCUT2D eigenvalue weighted by molar-refractivity contribution is 6.03. The maximum absolute atomic E-state index is 12.5. The Morgan fingerprint density at radius 3 is 2.56 bits per heavy atom. The minimum Gasteiger partial charge on any atom is -0.324 e. The van der Waals surface area contributed by atoms with Gasteiger partial charge in [-0.3, -0.25) is 4.79 Å². The van der Waals surface area contributed by atoms with Crippen LogP contribution in [0, 0.1) is 20.8 Å². The number of hydrogen-bond donors (Lipinski definition) is 2. The molecule has 1 amide bonds. The normalized spacial score (nSPS) is 10.4. The van der Waals surface area contributed by atoms with Crippen LogP contribution >= 0.6 is 0 Å². The molecule has 0 unspecified atom stereocenters. The van der Waals surface area contributed by atoms with E-state index < -0.39 is 0 Å². The minimum absolute atomic E-state index is 0.261. The minimum atomic E-state index is -0.261. The highest BCUT2D eigenvalue weighted by atomic mass is 16.1. The summed E-state index contributed by atoms with van der Waals surface area (Å²) >= 11 is 0. The van der Waals surface area contributed by atoms with Crippen molar-refractivity contribution >= 4 is 23.2 Å². The molecule has 5 nitrogen and oxygen atoms in total. The molecule has 0 bridgehead atoms. The van der Waals surface area contributed by atoms with Crippen LogP contribution in [-0.2, 0) is 0 Å². The first-order valence-corrected chi connectivity index (χ1v) is 8.06. The Labute approximate surface area is 147 Å². The van der Waals surface area contributed by atoms with Crippen LogP contribution in [0.25, 0.3) is 0 Å². The number of nitrogens with one attached hydrogen (secondary N) is 2. The molecule has 2 aromatic carbocycles. The molecule has 1 aromatic heterocycles. The molecule has 3 rings (SSSR count). The fourth-order valence-corrected chi connectivity index (χ4v) is 2.45. The average Bonchev–Trinajstić information content (AvgIpc) is 2.58. The topological polar surface area (TPSA) is 66.9 Å². The van der Waals surface area contributed by atoms with Crippen molar-refractivity contribution in [3.63, 3.8) is 0 Å². The number of carbonyl (C=O) groups excluding carboxylic acids is 1. The molecule has 3 aromatic rings. The zero-order valence-corrected chi connectivity index (χ0v) is 14.5. The molecule has 0 aliphatic rings. The van der Waals surface area contributed by atoms with Crippen LogP contribution in [-0.4, -0.2) is 15.9 Å². The summed E-state index contributed by atoms with van der Waals surface area (Å²) in [6.07, 6.45) is 1.57. The Hall–Kier alpha value is -3.21. The van der Waals surface area contributed by atoms with Gasteiger partial charge in [-0.15, -0.1) is 0 Å². The number of aromatic nitrogens is 2. The SMILES string of the molecule is Cc1cccc(Nc2nccc(C(=O)Nc3cc(C)ccc3C)n2)c1. The predicted molar refractivity (Wildman–Crippen MR) is 100 cm³/mol. The van der Waals surface area contributed by atoms with Crippen LogP contribution in [0.3, 0.4) is 0 Å². The Morgan fingerprint density at radius 1 is 0.960 bits per heavy atom. The van der Waals surface area contributed by atoms with E-state index in [-0.39, 0.29) is 5.91 Å². The molecule has 0 radical (unpaired) electrons. The molecule has 0 spiro atoms. The van der Waals surface area contributed by atoms with Crippen LogP contribution in [0.15, 0.2) is 54.7 Å². The van der Waals surface area contributed by atoms with E-state index in [9.17, 15) is 4.79 Å². The third-order valence-corrected chi connectivity index (χ3v) is 3.80. The molecule has 0 atom stereocenters. The van der Waals surface area contributed by atoms with Crippen molar-refractivity contribution in [2.24, 2.45) is 0 Å². The van der Waals surface area contributed by atoms with Gasteiger partial charge in [-0.25, -0.2) is 9.97 Å². The first kappa shape index (κ1) is 16.6. The molecule has 0 aliphatic heterocycles. The maximum Gasteiger partial charge on any atom is 0.274 e. The summed E-state index contributed by atoms with van der Waals surface area (Å²) in [7, 11) is 0. The number of hydrogen-bond acceptors (Lipinski definition) is 4. The molecule has 5 heteroatoms. The summed E-state index contributed by atoms with van der Waals surface area (Å²) in [4.78, 5) is 21.0. The second-order valence-electron chi connectivity index (χ2n) is 6.03. The van der Waals surface area contributed by atoms with Gasteiger partial charge in [-0.2, -0.15) is 0 Å². The zero-order chi connectivity index (χ0) is 17.8. The van der Waals surface area contributed by atoms with Crippen molar-refractivity contribution in [1.82, 2.24) is 9.97 Å². The van der Waals surface area contributed by atoms with Gasteiger partial charge in [0.25, 0.3) is 5.91 Å². The van der Waals surface area contributed by atoms with E-state index in [1.807, 2.05) is 63.2 Å². The van der Waals surface area contributed by atoms with Gasteiger partial charge in [0.05, 0.1) is 0 Å². The average molecular weight is 332 g/mol. The Bertz CT molecular complexity index is 921. The maximum atomic E-state index is 12.5. The molecular weight excluding hydrogens is 312 g/mol. The molecule has 2 N–H and O–H groups in total. The largest absolute Gasteiger partial charge is 0.324 e. The first-order valence-electron chi connectivity index (χ1n) is 8.06. The molecule has 0 aliphatic carbocycles. The van der Waals surface area contributed by atoms with E-state index >= 15 is 0 Å². The van der Waals surface area contributed by atoms with Crippen LogP contribution < -0.4 is 10.6 Å². The molecule has 0 fully saturated rings. The molecule has 0 saturated carbocycles. The summed E-state index contributed by atoms with van der Waals surface area (Å²) in [6, 6.07) is 15.4. The van der Waals surface area contributed by atoms with Gasteiger partial charge in [-0.05, 0) is 61.7 Å². The first-order chi connectivity index (χ1) is 12.0. The number of aryl methyl sites for hydroxylation is 3. The second-order valence-corrected chi connectivity index (χ2v) is 6.03. The molecule has 25 heavy (non-hydrogen) atoms. The van der Waals surface area contributed by atoms with Gasteiger partial charge in [0.1, 0.15) is 5.69 Å². The molecule has 1 heterocycles. The summed E-state index contributed by atoms with van der Waals surface area (Å²) in [6.45, 7) is 5.96. The predicted octanol–water partition coefficient (Wildman–Crippen LogP) is 4.40. The third-order valence-electron chi connectivity index (χ3n) is 3.80. The van der Waals surface area contributed by atoms with Gasteiger partial charge >= 0.3 is 0 Å². The summed E-state index contributed by atoms with van der Waals surface area (Å²) in [5.74, 6) is 0.127. The van der Waals surface area contributed by atoms with E-state index in [0.717, 1.165) is 28.1 Å². The van der Waals surface area contributed by atoms with Crippen LogP contribution in [0.4, 0.5) is 17.3 Å². The molecule has 126 valence electrons. The van der Waals surface area contributed by atoms with E-state index in [1.54, 1.807) is 12.3 Å². The van der Waals surface area contributed by atoms with Crippen LogP contribution in [0.2, 0.25) is 0 Å². The van der Waals surface area contributed by atoms with Crippen molar-refractivity contribution in [2.45, 2.75) is 20.8 Å². The lowest BCUT2D eigenvalue weighted by Crippen LogP contribution is -2.15. The fraction of sp³-hybridized carbons (Fsp3) is 0.150. The van der Waals surface area contributed by atoms with Crippen LogP contribution in [0.5, 0.6) is 0 Å². The highest BCUT2D eigenvalue weighted by Crippen LogP contribution is 2.18. The second kappa shape index (κ2) is 7.13. The zero-order valence-electron chi connectivity index (χ0n) is 14.5. The van der Waals surface area contributed by atoms with Gasteiger partial charge in [0.15, 0.2) is 0 Å². The fourth-order valence-electron chi connectivity index (χ4n) is 2.45. The Morgan fingerprint density at radius 2 is 1.76 bits per heavy atom. The number of anilines is 3. The van der Waals surface area contributed by atoms with Crippen LogP contribution in [0.1, 0.15) is 27.2 Å². The number of benzene rings is 2. The monoisotopic (exact) mass is 332 g/mol. The molecule has 0 saturated heterocycles. The smallest absolute Gasteiger partial charge is 0.274 e. The lowest BCUT2D eigenvalue weighted by atomic mass is 10.1. The quantitative estimate of drug-likeness (QED) is 0.743. The number of carbonyl (C=O) groups is 1. The summed E-state index contributed by atoms with van der Waals surface area (Å²) in [5, 5.41) is 6.03. The van der Waals surface area contributed by atoms with E-state index in [2.05, 4.69) is 20.6 Å². The molecular formula is C20H20N4O. The standard InChI is InChI=1S/C20H20N4O/c1-13-5-4-6-16(11-13)22-20-21-10-9-17(24-20)19(25)23-18-12-14(2)7-8-15(18)3/h4-12H,1-3H3,(H,23,25)(H,21,22,24). The van der Waals surface area contributed by atoms with E-state index in [0.29, 0.717) is 11.6 Å². The highest BCUT2D eigenvalue weighted by Gasteiger charge is 2.11. The van der Waals surface area contributed by atoms with Gasteiger partial charge in [-0.1, -0.05) is 24.3 Å². The number of amides is 1. The Kier molecular flexibility index (Phi) is 4.75. The van der Waals surface area contributed by atoms with Gasteiger partial charge < -0.3 is 10.6 Å². The van der Waals surface area contributed by atoms with Crippen molar-refractivity contribution in [3.05, 3.63) is 77.1 Å². The van der Waals surface area contributed by atoms with Crippen molar-refractivity contribution in [2.75, 3.05) is 10.6 Å². The van der Waals surface area contributed by atoms with Crippen molar-refractivity contribution in [1.29, 1.82) is 0 Å². The lowest BCUT2D eigenvalue weighted by Gasteiger charge is -2.10. The number of rotatable bonds is 4. The van der Waals surface area contributed by atoms with Crippen molar-refractivity contribution in [3.8, 4) is 0 Å². The van der Waals surface area contributed by atoms with E-state index in [1.165, 1.54) is 0 Å². The number of nitrogens with zero attached hydrogens (tertiary/aromatic N) is 2. The van der Waals surface area contributed by atoms with Gasteiger partial charge in [0, 0.05) is 17.6 Å². The summed E-state index contributed by atoms with van der Waals surface area (Å²) in [5.41, 5.74) is 5.21. The van der Waals surface area contributed by atoms with Crippen molar-refractivity contribution < 1.29 is 4.79 Å². The van der Waals surface area contributed by atoms with E-state index in [4.69, 9.17) is 0 Å². The Balaban J connectivity index is 1.78. The third kappa shape index (κ3) is 4.20. The van der Waals surface area contributed by atoms with Gasteiger partial charge in [0.2, 0.25) is 5.95 Å².